The smallest absolute Gasteiger partial charge is 0.265 e. The van der Waals surface area contributed by atoms with E-state index in [9.17, 15) is 8.42 Å². The van der Waals surface area contributed by atoms with Gasteiger partial charge in [-0.05, 0) is 24.3 Å². The van der Waals surface area contributed by atoms with Crippen LogP contribution in [-0.2, 0) is 10.0 Å². The van der Waals surface area contributed by atoms with Crippen molar-refractivity contribution in [3.8, 4) is 11.5 Å². The van der Waals surface area contributed by atoms with Gasteiger partial charge in [0, 0.05) is 19.3 Å². The minimum absolute atomic E-state index is 0.0742. The molecule has 1 aliphatic heterocycles. The van der Waals surface area contributed by atoms with Crippen LogP contribution in [0, 0.1) is 0 Å². The predicted octanol–water partition coefficient (Wildman–Crippen LogP) is 1.65. The van der Waals surface area contributed by atoms with Crippen LogP contribution >= 0.6 is 0 Å². The van der Waals surface area contributed by atoms with E-state index in [-0.39, 0.29) is 17.5 Å². The lowest BCUT2D eigenvalue weighted by Crippen LogP contribution is -2.15. The van der Waals surface area contributed by atoms with E-state index in [4.69, 9.17) is 9.47 Å². The van der Waals surface area contributed by atoms with Gasteiger partial charge in [0.25, 0.3) is 10.0 Å². The Morgan fingerprint density at radius 3 is 2.81 bits per heavy atom. The molecule has 1 aromatic heterocycles. The first-order valence-corrected chi connectivity index (χ1v) is 7.64. The van der Waals surface area contributed by atoms with E-state index in [1.807, 2.05) is 0 Å². The van der Waals surface area contributed by atoms with Crippen molar-refractivity contribution in [2.75, 3.05) is 23.9 Å². The number of hydrogen-bond acceptors (Lipinski definition) is 6. The highest BCUT2D eigenvalue weighted by Crippen LogP contribution is 2.35. The maximum Gasteiger partial charge on any atom is 0.265 e. The largest absolute Gasteiger partial charge is 0.454 e. The first-order chi connectivity index (χ1) is 10.1. The molecule has 0 bridgehead atoms. The SMILES string of the molecule is CNc1ncccc1S(=O)(=O)Nc1ccc2c(c1)OCO2. The highest BCUT2D eigenvalue weighted by atomic mass is 32.2. The lowest BCUT2D eigenvalue weighted by Gasteiger charge is -2.11. The number of aromatic nitrogens is 1. The highest BCUT2D eigenvalue weighted by molar-refractivity contribution is 7.92. The Kier molecular flexibility index (Phi) is 3.30. The Morgan fingerprint density at radius 2 is 2.00 bits per heavy atom. The number of anilines is 2. The maximum atomic E-state index is 12.4. The molecule has 0 fully saturated rings. The Morgan fingerprint density at radius 1 is 1.19 bits per heavy atom. The fourth-order valence-corrected chi connectivity index (χ4v) is 3.18. The fourth-order valence-electron chi connectivity index (χ4n) is 1.97. The van der Waals surface area contributed by atoms with Crippen LogP contribution in [0.1, 0.15) is 0 Å². The van der Waals surface area contributed by atoms with Gasteiger partial charge in [-0.3, -0.25) is 4.72 Å². The summed E-state index contributed by atoms with van der Waals surface area (Å²) in [4.78, 5) is 4.06. The summed E-state index contributed by atoms with van der Waals surface area (Å²) in [6, 6.07) is 7.89. The van der Waals surface area contributed by atoms with Crippen LogP contribution in [0.4, 0.5) is 11.5 Å². The van der Waals surface area contributed by atoms with Crippen molar-refractivity contribution in [2.45, 2.75) is 4.90 Å². The number of ether oxygens (including phenoxy) is 2. The molecule has 0 atom stereocenters. The van der Waals surface area contributed by atoms with Gasteiger partial charge in [0.15, 0.2) is 11.5 Å². The molecule has 0 saturated carbocycles. The number of pyridine rings is 1. The maximum absolute atomic E-state index is 12.4. The summed E-state index contributed by atoms with van der Waals surface area (Å²) in [5, 5.41) is 2.75. The van der Waals surface area contributed by atoms with Crippen molar-refractivity contribution in [1.82, 2.24) is 4.98 Å². The number of fused-ring (bicyclic) bond motifs is 1. The van der Waals surface area contributed by atoms with Crippen molar-refractivity contribution < 1.29 is 17.9 Å². The molecule has 2 aromatic rings. The van der Waals surface area contributed by atoms with Gasteiger partial charge in [0.1, 0.15) is 10.7 Å². The summed E-state index contributed by atoms with van der Waals surface area (Å²) in [5.41, 5.74) is 0.394. The van der Waals surface area contributed by atoms with E-state index in [0.717, 1.165) is 0 Å². The monoisotopic (exact) mass is 307 g/mol. The minimum atomic E-state index is -3.74. The minimum Gasteiger partial charge on any atom is -0.454 e. The van der Waals surface area contributed by atoms with Crippen molar-refractivity contribution in [3.63, 3.8) is 0 Å². The number of benzene rings is 1. The lowest BCUT2D eigenvalue weighted by atomic mass is 10.3. The summed E-state index contributed by atoms with van der Waals surface area (Å²) in [7, 11) is -2.13. The zero-order valence-electron chi connectivity index (χ0n) is 11.2. The molecule has 0 aliphatic carbocycles. The van der Waals surface area contributed by atoms with Gasteiger partial charge in [-0.25, -0.2) is 13.4 Å². The molecule has 1 aliphatic rings. The van der Waals surface area contributed by atoms with Gasteiger partial charge in [0.05, 0.1) is 5.69 Å². The molecule has 110 valence electrons. The molecule has 8 heteroatoms. The van der Waals surface area contributed by atoms with Crippen LogP contribution in [-0.4, -0.2) is 27.2 Å². The first kappa shape index (κ1) is 13.5. The highest BCUT2D eigenvalue weighted by Gasteiger charge is 2.20. The van der Waals surface area contributed by atoms with Crippen LogP contribution in [0.25, 0.3) is 0 Å². The van der Waals surface area contributed by atoms with Gasteiger partial charge in [0.2, 0.25) is 6.79 Å². The predicted molar refractivity (Wildman–Crippen MR) is 77.2 cm³/mol. The molecule has 0 saturated heterocycles. The third-order valence-electron chi connectivity index (χ3n) is 2.92. The van der Waals surface area contributed by atoms with Crippen molar-refractivity contribution in [3.05, 3.63) is 36.5 Å². The second-order valence-electron chi connectivity index (χ2n) is 4.27. The lowest BCUT2D eigenvalue weighted by molar-refractivity contribution is 0.174. The quantitative estimate of drug-likeness (QED) is 0.893. The summed E-state index contributed by atoms with van der Waals surface area (Å²) < 4.78 is 37.7. The molecular weight excluding hydrogens is 294 g/mol. The standard InChI is InChI=1S/C13H13N3O4S/c1-14-13-12(3-2-6-15-13)21(17,18)16-9-4-5-10-11(7-9)20-8-19-10/h2-7,16H,8H2,1H3,(H,14,15). The Labute approximate surface area is 122 Å². The van der Waals surface area contributed by atoms with E-state index < -0.39 is 10.0 Å². The van der Waals surface area contributed by atoms with Crippen LogP contribution < -0.4 is 19.5 Å². The molecule has 2 heterocycles. The first-order valence-electron chi connectivity index (χ1n) is 6.15. The second-order valence-corrected chi connectivity index (χ2v) is 5.92. The van der Waals surface area contributed by atoms with E-state index in [1.54, 1.807) is 31.3 Å². The fraction of sp³-hybridized carbons (Fsp3) is 0.154. The molecule has 3 rings (SSSR count). The van der Waals surface area contributed by atoms with Gasteiger partial charge in [-0.15, -0.1) is 0 Å². The van der Waals surface area contributed by atoms with Gasteiger partial charge < -0.3 is 14.8 Å². The van der Waals surface area contributed by atoms with E-state index in [1.165, 1.54) is 12.3 Å². The van der Waals surface area contributed by atoms with E-state index in [2.05, 4.69) is 15.0 Å². The van der Waals surface area contributed by atoms with E-state index >= 15 is 0 Å². The third kappa shape index (κ3) is 2.57. The zero-order valence-corrected chi connectivity index (χ0v) is 12.0. The Balaban J connectivity index is 1.93. The van der Waals surface area contributed by atoms with Gasteiger partial charge in [-0.2, -0.15) is 0 Å². The summed E-state index contributed by atoms with van der Waals surface area (Å²) in [6.45, 7) is 0.137. The van der Waals surface area contributed by atoms with Gasteiger partial charge >= 0.3 is 0 Å². The average molecular weight is 307 g/mol. The second kappa shape index (κ2) is 5.13. The Bertz CT molecular complexity index is 777. The molecular formula is C13H13N3O4S. The number of nitrogens with zero attached hydrogens (tertiary/aromatic N) is 1. The van der Waals surface area contributed by atoms with Crippen LogP contribution in [0.2, 0.25) is 0 Å². The number of sulfonamides is 1. The number of nitrogens with one attached hydrogen (secondary N) is 2. The van der Waals surface area contributed by atoms with Crippen LogP contribution in [0.5, 0.6) is 11.5 Å². The molecule has 0 unspecified atom stereocenters. The van der Waals surface area contributed by atoms with E-state index in [0.29, 0.717) is 17.2 Å². The summed E-state index contributed by atoms with van der Waals surface area (Å²) in [6.07, 6.45) is 1.52. The number of hydrogen-bond donors (Lipinski definition) is 2. The molecule has 7 nitrogen and oxygen atoms in total. The molecule has 0 amide bonds. The Hall–Kier alpha value is -2.48. The summed E-state index contributed by atoms with van der Waals surface area (Å²) in [5.74, 6) is 1.39. The molecule has 2 N–H and O–H groups in total. The van der Waals surface area contributed by atoms with Crippen molar-refractivity contribution in [2.24, 2.45) is 0 Å². The average Bonchev–Trinajstić information content (AvgIpc) is 2.94. The van der Waals surface area contributed by atoms with Crippen LogP contribution in [0.15, 0.2) is 41.4 Å². The zero-order chi connectivity index (χ0) is 14.9. The molecule has 1 aromatic carbocycles. The topological polar surface area (TPSA) is 89.6 Å². The normalized spacial score (nSPS) is 13.0. The van der Waals surface area contributed by atoms with Crippen molar-refractivity contribution in [1.29, 1.82) is 0 Å². The molecule has 0 spiro atoms. The van der Waals surface area contributed by atoms with Crippen LogP contribution in [0.3, 0.4) is 0 Å². The molecule has 21 heavy (non-hydrogen) atoms. The summed E-state index contributed by atoms with van der Waals surface area (Å²) >= 11 is 0. The van der Waals surface area contributed by atoms with Crippen molar-refractivity contribution >= 4 is 21.5 Å². The number of rotatable bonds is 4. The third-order valence-corrected chi connectivity index (χ3v) is 4.33. The molecule has 0 radical (unpaired) electrons. The van der Waals surface area contributed by atoms with Gasteiger partial charge in [-0.1, -0.05) is 0 Å².